The van der Waals surface area contributed by atoms with Gasteiger partial charge in [-0.3, -0.25) is 10.1 Å². The van der Waals surface area contributed by atoms with Crippen molar-refractivity contribution in [3.63, 3.8) is 0 Å². The largest absolute Gasteiger partial charge is 0.422 e. The summed E-state index contributed by atoms with van der Waals surface area (Å²) in [5.41, 5.74) is 5.95. The van der Waals surface area contributed by atoms with Crippen LogP contribution < -0.4 is 10.5 Å². The summed E-state index contributed by atoms with van der Waals surface area (Å²) in [6.07, 6.45) is 1.53. The van der Waals surface area contributed by atoms with Gasteiger partial charge in [0, 0.05) is 7.05 Å². The number of benzene rings is 1. The summed E-state index contributed by atoms with van der Waals surface area (Å²) in [5, 5.41) is 11.4. The van der Waals surface area contributed by atoms with Gasteiger partial charge in [0.2, 0.25) is 0 Å². The summed E-state index contributed by atoms with van der Waals surface area (Å²) in [4.78, 5) is 3.93. The molecule has 0 aliphatic carbocycles. The van der Waals surface area contributed by atoms with Gasteiger partial charge in [0.15, 0.2) is 0 Å². The third kappa shape index (κ3) is 2.00. The van der Waals surface area contributed by atoms with Crippen molar-refractivity contribution in [3.8, 4) is 11.8 Å². The normalized spacial score (nSPS) is 10.1. The summed E-state index contributed by atoms with van der Waals surface area (Å²) in [6, 6.07) is 7.24. The minimum Gasteiger partial charge on any atom is -0.422 e. The van der Waals surface area contributed by atoms with Gasteiger partial charge in [0.1, 0.15) is 17.9 Å². The van der Waals surface area contributed by atoms with Crippen LogP contribution in [0.15, 0.2) is 30.6 Å². The fraction of sp³-hybridized carbons (Fsp3) is 0.100. The molecule has 0 amide bonds. The smallest absolute Gasteiger partial charge is 0.341 e. The molecular weight excluding hydrogens is 206 g/mol. The highest BCUT2D eigenvalue weighted by Gasteiger charge is 2.08. The van der Waals surface area contributed by atoms with Crippen LogP contribution in [0.5, 0.6) is 11.8 Å². The van der Waals surface area contributed by atoms with Gasteiger partial charge in [-0.2, -0.15) is 4.98 Å². The summed E-state index contributed by atoms with van der Waals surface area (Å²) in [7, 11) is 1.75. The lowest BCUT2D eigenvalue weighted by atomic mass is 10.2. The van der Waals surface area contributed by atoms with Crippen molar-refractivity contribution in [2.24, 2.45) is 12.8 Å². The Labute approximate surface area is 92.2 Å². The van der Waals surface area contributed by atoms with E-state index in [1.54, 1.807) is 31.3 Å². The number of nitrogens with two attached hydrogens (primary N) is 1. The van der Waals surface area contributed by atoms with Crippen LogP contribution in [0.4, 0.5) is 0 Å². The molecule has 0 aliphatic rings. The van der Waals surface area contributed by atoms with Gasteiger partial charge in [0.25, 0.3) is 0 Å². The highest BCUT2D eigenvalue weighted by atomic mass is 16.5. The number of rotatable bonds is 3. The standard InChI is InChI=1S/C10H11N5O/c1-15-6-13-10(14-15)16-8-5-3-2-4-7(8)9(11)12/h2-6H,1H3,(H3,11,12). The molecule has 3 N–H and O–H groups in total. The number of hydrogen-bond donors (Lipinski definition) is 2. The maximum atomic E-state index is 7.40. The van der Waals surface area contributed by atoms with Crippen LogP contribution in [0, 0.1) is 5.41 Å². The first-order valence-electron chi connectivity index (χ1n) is 4.64. The maximum Gasteiger partial charge on any atom is 0.341 e. The predicted octanol–water partition coefficient (Wildman–Crippen LogP) is 0.891. The molecule has 1 aromatic carbocycles. The number of nitrogens with zero attached hydrogens (tertiary/aromatic N) is 3. The lowest BCUT2D eigenvalue weighted by Gasteiger charge is -2.06. The molecule has 0 saturated heterocycles. The highest BCUT2D eigenvalue weighted by molar-refractivity contribution is 5.97. The first-order chi connectivity index (χ1) is 7.66. The summed E-state index contributed by atoms with van der Waals surface area (Å²) < 4.78 is 6.96. The van der Waals surface area contributed by atoms with Crippen molar-refractivity contribution in [2.45, 2.75) is 0 Å². The Kier molecular flexibility index (Phi) is 2.55. The van der Waals surface area contributed by atoms with Crippen molar-refractivity contribution in [2.75, 3.05) is 0 Å². The second-order valence-electron chi connectivity index (χ2n) is 3.21. The highest BCUT2D eigenvalue weighted by Crippen LogP contribution is 2.21. The van der Waals surface area contributed by atoms with Crippen molar-refractivity contribution >= 4 is 5.84 Å². The number of aryl methyl sites for hydroxylation is 1. The second kappa shape index (κ2) is 4.01. The van der Waals surface area contributed by atoms with E-state index in [0.29, 0.717) is 11.3 Å². The van der Waals surface area contributed by atoms with Crippen LogP contribution >= 0.6 is 0 Å². The molecule has 6 heteroatoms. The van der Waals surface area contributed by atoms with Gasteiger partial charge in [-0.25, -0.2) is 0 Å². The van der Waals surface area contributed by atoms with Gasteiger partial charge in [0.05, 0.1) is 5.56 Å². The topological polar surface area (TPSA) is 89.8 Å². The summed E-state index contributed by atoms with van der Waals surface area (Å²) in [5.74, 6) is 0.424. The molecule has 1 heterocycles. The molecule has 6 nitrogen and oxygen atoms in total. The molecule has 0 unspecified atom stereocenters. The second-order valence-corrected chi connectivity index (χ2v) is 3.21. The molecule has 82 valence electrons. The molecule has 16 heavy (non-hydrogen) atoms. The molecule has 0 aliphatic heterocycles. The van der Waals surface area contributed by atoms with Gasteiger partial charge in [-0.1, -0.05) is 12.1 Å². The molecule has 2 rings (SSSR count). The fourth-order valence-corrected chi connectivity index (χ4v) is 1.24. The van der Waals surface area contributed by atoms with E-state index in [1.165, 1.54) is 11.0 Å². The maximum absolute atomic E-state index is 7.40. The monoisotopic (exact) mass is 217 g/mol. The molecule has 0 spiro atoms. The van der Waals surface area contributed by atoms with E-state index in [0.717, 1.165) is 0 Å². The zero-order chi connectivity index (χ0) is 11.5. The third-order valence-corrected chi connectivity index (χ3v) is 1.96. The first-order valence-corrected chi connectivity index (χ1v) is 4.64. The molecular formula is C10H11N5O. The predicted molar refractivity (Wildman–Crippen MR) is 58.5 cm³/mol. The number of aromatic nitrogens is 3. The molecule has 0 saturated carbocycles. The van der Waals surface area contributed by atoms with E-state index in [1.807, 2.05) is 0 Å². The van der Waals surface area contributed by atoms with Crippen LogP contribution in [-0.4, -0.2) is 20.6 Å². The lowest BCUT2D eigenvalue weighted by Crippen LogP contribution is -2.12. The number of amidine groups is 1. The Morgan fingerprint density at radius 1 is 1.44 bits per heavy atom. The Balaban J connectivity index is 2.31. The molecule has 0 radical (unpaired) electrons. The molecule has 1 aromatic heterocycles. The first kappa shape index (κ1) is 10.2. The Bertz CT molecular complexity index is 519. The van der Waals surface area contributed by atoms with Crippen LogP contribution in [0.1, 0.15) is 5.56 Å². The lowest BCUT2D eigenvalue weighted by molar-refractivity contribution is 0.438. The Hall–Kier alpha value is -2.37. The molecule has 0 atom stereocenters. The number of nitrogens with one attached hydrogen (secondary N) is 1. The molecule has 0 bridgehead atoms. The summed E-state index contributed by atoms with van der Waals surface area (Å²) in [6.45, 7) is 0. The zero-order valence-corrected chi connectivity index (χ0v) is 8.71. The SMILES string of the molecule is Cn1cnc(Oc2ccccc2C(=N)N)n1. The zero-order valence-electron chi connectivity index (χ0n) is 8.71. The van der Waals surface area contributed by atoms with E-state index >= 15 is 0 Å². The van der Waals surface area contributed by atoms with Crippen LogP contribution in [0.3, 0.4) is 0 Å². The average Bonchev–Trinajstić information content (AvgIpc) is 2.64. The van der Waals surface area contributed by atoms with E-state index in [9.17, 15) is 0 Å². The number of hydrogen-bond acceptors (Lipinski definition) is 4. The van der Waals surface area contributed by atoms with Crippen molar-refractivity contribution in [3.05, 3.63) is 36.2 Å². The quantitative estimate of drug-likeness (QED) is 0.590. The molecule has 2 aromatic rings. The minimum atomic E-state index is -0.0495. The van der Waals surface area contributed by atoms with Gasteiger partial charge < -0.3 is 10.5 Å². The summed E-state index contributed by atoms with van der Waals surface area (Å²) >= 11 is 0. The fourth-order valence-electron chi connectivity index (χ4n) is 1.24. The van der Waals surface area contributed by atoms with E-state index in [2.05, 4.69) is 10.1 Å². The van der Waals surface area contributed by atoms with Crippen molar-refractivity contribution < 1.29 is 4.74 Å². The Morgan fingerprint density at radius 2 is 2.19 bits per heavy atom. The number of para-hydroxylation sites is 1. The number of ether oxygens (including phenoxy) is 1. The van der Waals surface area contributed by atoms with Crippen molar-refractivity contribution in [1.29, 1.82) is 5.41 Å². The average molecular weight is 217 g/mol. The van der Waals surface area contributed by atoms with Crippen molar-refractivity contribution in [1.82, 2.24) is 14.8 Å². The van der Waals surface area contributed by atoms with Crippen LogP contribution in [0.25, 0.3) is 0 Å². The third-order valence-electron chi connectivity index (χ3n) is 1.96. The van der Waals surface area contributed by atoms with E-state index < -0.39 is 0 Å². The Morgan fingerprint density at radius 3 is 2.81 bits per heavy atom. The van der Waals surface area contributed by atoms with Gasteiger partial charge in [-0.05, 0) is 12.1 Å². The number of nitrogen functional groups attached to an aromatic ring is 1. The molecule has 0 fully saturated rings. The van der Waals surface area contributed by atoms with Crippen LogP contribution in [-0.2, 0) is 7.05 Å². The minimum absolute atomic E-state index is 0.0495. The van der Waals surface area contributed by atoms with Gasteiger partial charge in [-0.15, -0.1) is 5.10 Å². The van der Waals surface area contributed by atoms with Gasteiger partial charge >= 0.3 is 6.01 Å². The van der Waals surface area contributed by atoms with E-state index in [-0.39, 0.29) is 11.8 Å². The van der Waals surface area contributed by atoms with Crippen LogP contribution in [0.2, 0.25) is 0 Å². The van der Waals surface area contributed by atoms with E-state index in [4.69, 9.17) is 15.9 Å².